The van der Waals surface area contributed by atoms with E-state index in [-0.39, 0.29) is 22.2 Å². The van der Waals surface area contributed by atoms with Crippen LogP contribution in [0.15, 0.2) is 6.07 Å². The lowest BCUT2D eigenvalue weighted by molar-refractivity contribution is 0.412. The highest BCUT2D eigenvalue weighted by molar-refractivity contribution is 6.57. The third-order valence-electron chi connectivity index (χ3n) is 1.48. The van der Waals surface area contributed by atoms with E-state index < -0.39 is 7.12 Å². The zero-order valence-electron chi connectivity index (χ0n) is 6.86. The number of halogens is 1. The molecule has 0 aliphatic carbocycles. The molecule has 70 valence electrons. The second-order valence-electron chi connectivity index (χ2n) is 2.33. The minimum atomic E-state index is -1.69. The Bertz CT molecular complexity index is 321. The van der Waals surface area contributed by atoms with Crippen LogP contribution in [0, 0.1) is 0 Å². The lowest BCUT2D eigenvalue weighted by Gasteiger charge is -2.07. The summed E-state index contributed by atoms with van der Waals surface area (Å²) in [4.78, 5) is 3.64. The molecule has 0 spiro atoms. The van der Waals surface area contributed by atoms with E-state index in [0.717, 1.165) is 0 Å². The van der Waals surface area contributed by atoms with Crippen LogP contribution in [-0.4, -0.2) is 29.3 Å². The fourth-order valence-corrected chi connectivity index (χ4v) is 1.01. The Morgan fingerprint density at radius 2 is 2.23 bits per heavy atom. The number of aromatic nitrogens is 1. The Morgan fingerprint density at radius 3 is 2.69 bits per heavy atom. The molecular formula is C6H8BClN2O3. The van der Waals surface area contributed by atoms with E-state index >= 15 is 0 Å². The fourth-order valence-electron chi connectivity index (χ4n) is 0.821. The van der Waals surface area contributed by atoms with Crippen LogP contribution in [0.4, 0.5) is 5.69 Å². The van der Waals surface area contributed by atoms with Crippen LogP contribution >= 0.6 is 11.6 Å². The lowest BCUT2D eigenvalue weighted by atomic mass is 9.85. The maximum atomic E-state index is 8.80. The normalized spacial score (nSPS) is 9.85. The summed E-state index contributed by atoms with van der Waals surface area (Å²) in [5.74, 6) is 0.267. The number of hydrogen-bond donors (Lipinski definition) is 3. The maximum Gasteiger partial charge on any atom is 0.508 e. The molecule has 0 fully saturated rings. The SMILES string of the molecule is COc1cc(B(O)O)nc(Cl)c1N. The number of nitrogens with two attached hydrogens (primary N) is 1. The molecule has 0 aliphatic heterocycles. The van der Waals surface area contributed by atoms with Crippen molar-refractivity contribution in [2.24, 2.45) is 0 Å². The number of nitrogen functional groups attached to an aromatic ring is 1. The molecule has 0 radical (unpaired) electrons. The summed E-state index contributed by atoms with van der Waals surface area (Å²) in [7, 11) is -0.290. The smallest absolute Gasteiger partial charge is 0.494 e. The third kappa shape index (κ3) is 2.03. The van der Waals surface area contributed by atoms with Crippen molar-refractivity contribution in [2.75, 3.05) is 12.8 Å². The predicted molar refractivity (Wildman–Crippen MR) is 50.0 cm³/mol. The van der Waals surface area contributed by atoms with Gasteiger partial charge < -0.3 is 20.5 Å². The van der Waals surface area contributed by atoms with Gasteiger partial charge in [-0.3, -0.25) is 0 Å². The van der Waals surface area contributed by atoms with Gasteiger partial charge in [0.25, 0.3) is 0 Å². The molecule has 13 heavy (non-hydrogen) atoms. The van der Waals surface area contributed by atoms with Crippen LogP contribution in [-0.2, 0) is 0 Å². The monoisotopic (exact) mass is 202 g/mol. The Balaban J connectivity index is 3.22. The van der Waals surface area contributed by atoms with Gasteiger partial charge in [0.15, 0.2) is 5.15 Å². The van der Waals surface area contributed by atoms with Gasteiger partial charge in [0.1, 0.15) is 11.4 Å². The minimum Gasteiger partial charge on any atom is -0.494 e. The highest BCUT2D eigenvalue weighted by atomic mass is 35.5. The molecule has 7 heteroatoms. The predicted octanol–water partition coefficient (Wildman–Crippen LogP) is -0.994. The Morgan fingerprint density at radius 1 is 1.62 bits per heavy atom. The third-order valence-corrected chi connectivity index (χ3v) is 1.77. The first-order valence-corrected chi connectivity index (χ1v) is 3.80. The van der Waals surface area contributed by atoms with Gasteiger partial charge in [0.2, 0.25) is 0 Å². The van der Waals surface area contributed by atoms with E-state index in [1.807, 2.05) is 0 Å². The molecule has 0 atom stereocenters. The van der Waals surface area contributed by atoms with Crippen molar-refractivity contribution in [1.82, 2.24) is 4.98 Å². The zero-order chi connectivity index (χ0) is 10.0. The molecule has 1 rings (SSSR count). The van der Waals surface area contributed by atoms with E-state index in [0.29, 0.717) is 0 Å². The quantitative estimate of drug-likeness (QED) is 0.423. The number of nitrogens with zero attached hydrogens (tertiary/aromatic N) is 1. The van der Waals surface area contributed by atoms with E-state index in [2.05, 4.69) is 4.98 Å². The Kier molecular flexibility index (Phi) is 2.97. The summed E-state index contributed by atoms with van der Waals surface area (Å²) < 4.78 is 4.84. The molecule has 4 N–H and O–H groups in total. The second-order valence-corrected chi connectivity index (χ2v) is 2.69. The number of rotatable bonds is 2. The van der Waals surface area contributed by atoms with E-state index in [1.165, 1.54) is 13.2 Å². The lowest BCUT2D eigenvalue weighted by Crippen LogP contribution is -2.33. The summed E-state index contributed by atoms with van der Waals surface area (Å²) in [6, 6.07) is 1.31. The van der Waals surface area contributed by atoms with Crippen LogP contribution in [0.3, 0.4) is 0 Å². The summed E-state index contributed by atoms with van der Waals surface area (Å²) in [5.41, 5.74) is 5.65. The van der Waals surface area contributed by atoms with Crippen LogP contribution in [0.2, 0.25) is 5.15 Å². The summed E-state index contributed by atoms with van der Waals surface area (Å²) >= 11 is 5.60. The molecule has 0 bridgehead atoms. The highest BCUT2D eigenvalue weighted by Gasteiger charge is 2.17. The second kappa shape index (κ2) is 3.82. The van der Waals surface area contributed by atoms with Crippen molar-refractivity contribution in [3.63, 3.8) is 0 Å². The van der Waals surface area contributed by atoms with Crippen LogP contribution < -0.4 is 16.1 Å². The molecule has 0 unspecified atom stereocenters. The maximum absolute atomic E-state index is 8.80. The summed E-state index contributed by atoms with van der Waals surface area (Å²) in [5, 5.41) is 17.6. The molecule has 5 nitrogen and oxygen atoms in total. The molecule has 0 amide bonds. The van der Waals surface area contributed by atoms with Gasteiger partial charge in [-0.05, 0) is 0 Å². The van der Waals surface area contributed by atoms with Gasteiger partial charge in [-0.15, -0.1) is 0 Å². The van der Waals surface area contributed by atoms with E-state index in [1.54, 1.807) is 0 Å². The number of hydrogen-bond acceptors (Lipinski definition) is 5. The Labute approximate surface area is 80.3 Å². The molecule has 0 saturated heterocycles. The number of ether oxygens (including phenoxy) is 1. The zero-order valence-corrected chi connectivity index (χ0v) is 7.62. The topological polar surface area (TPSA) is 88.6 Å². The summed E-state index contributed by atoms with van der Waals surface area (Å²) in [6.45, 7) is 0. The largest absolute Gasteiger partial charge is 0.508 e. The summed E-state index contributed by atoms with van der Waals surface area (Å²) in [6.07, 6.45) is 0. The van der Waals surface area contributed by atoms with Gasteiger partial charge in [0, 0.05) is 6.07 Å². The highest BCUT2D eigenvalue weighted by Crippen LogP contribution is 2.25. The number of pyridine rings is 1. The Hall–Kier alpha value is -0.975. The van der Waals surface area contributed by atoms with Crippen LogP contribution in [0.1, 0.15) is 0 Å². The fraction of sp³-hybridized carbons (Fsp3) is 0.167. The molecular weight excluding hydrogens is 194 g/mol. The van der Waals surface area contributed by atoms with Gasteiger partial charge >= 0.3 is 7.12 Å². The average Bonchev–Trinajstić information content (AvgIpc) is 2.09. The average molecular weight is 202 g/mol. The van der Waals surface area contributed by atoms with E-state index in [9.17, 15) is 0 Å². The molecule has 0 saturated carbocycles. The van der Waals surface area contributed by atoms with Crippen molar-refractivity contribution in [3.05, 3.63) is 11.2 Å². The minimum absolute atomic E-state index is 0.00366. The molecule has 1 aromatic heterocycles. The van der Waals surface area contributed by atoms with Crippen LogP contribution in [0.5, 0.6) is 5.75 Å². The first-order chi connectivity index (χ1) is 6.06. The molecule has 1 aromatic rings. The van der Waals surface area contributed by atoms with Gasteiger partial charge in [-0.2, -0.15) is 0 Å². The number of methoxy groups -OCH3 is 1. The molecule has 0 aliphatic rings. The first-order valence-electron chi connectivity index (χ1n) is 3.42. The van der Waals surface area contributed by atoms with Gasteiger partial charge in [-0.1, -0.05) is 11.6 Å². The van der Waals surface area contributed by atoms with Crippen molar-refractivity contribution in [2.45, 2.75) is 0 Å². The van der Waals surface area contributed by atoms with Gasteiger partial charge in [0.05, 0.1) is 12.7 Å². The van der Waals surface area contributed by atoms with Crippen molar-refractivity contribution in [1.29, 1.82) is 0 Å². The van der Waals surface area contributed by atoms with E-state index in [4.69, 9.17) is 32.1 Å². The molecule has 0 aromatic carbocycles. The first kappa shape index (κ1) is 10.1. The standard InChI is InChI=1S/C6H8BClN2O3/c1-13-3-2-4(7(11)12)10-6(8)5(3)9/h2,11-12H,9H2,1H3. The van der Waals surface area contributed by atoms with Crippen molar-refractivity contribution >= 4 is 30.0 Å². The van der Waals surface area contributed by atoms with Crippen molar-refractivity contribution < 1.29 is 14.8 Å². The molecule has 1 heterocycles. The van der Waals surface area contributed by atoms with Crippen LogP contribution in [0.25, 0.3) is 0 Å². The number of anilines is 1. The van der Waals surface area contributed by atoms with Crippen molar-refractivity contribution in [3.8, 4) is 5.75 Å². The van der Waals surface area contributed by atoms with Gasteiger partial charge in [-0.25, -0.2) is 4.98 Å².